The second kappa shape index (κ2) is 6.11. The van der Waals surface area contributed by atoms with Crippen LogP contribution in [0, 0.1) is 0 Å². The molecular formula is C14H22N2O3S. The van der Waals surface area contributed by atoms with Crippen molar-refractivity contribution in [1.82, 2.24) is 9.80 Å². The molecule has 0 aromatic carbocycles. The van der Waals surface area contributed by atoms with E-state index in [9.17, 15) is 9.90 Å². The highest BCUT2D eigenvalue weighted by Crippen LogP contribution is 2.23. The van der Waals surface area contributed by atoms with Crippen LogP contribution in [0.5, 0.6) is 5.75 Å². The van der Waals surface area contributed by atoms with E-state index in [-0.39, 0.29) is 5.91 Å². The molecule has 1 N–H and O–H groups in total. The number of carbonyl (C=O) groups excluding carboxylic acids is 1. The van der Waals surface area contributed by atoms with Crippen LogP contribution in [-0.2, 0) is 0 Å². The number of carbonyl (C=O) groups is 1. The van der Waals surface area contributed by atoms with Gasteiger partial charge in [0.05, 0.1) is 17.6 Å². The van der Waals surface area contributed by atoms with Crippen LogP contribution in [-0.4, -0.2) is 66.2 Å². The van der Waals surface area contributed by atoms with Gasteiger partial charge >= 0.3 is 0 Å². The fourth-order valence-electron chi connectivity index (χ4n) is 2.35. The average Bonchev–Trinajstić information content (AvgIpc) is 2.85. The van der Waals surface area contributed by atoms with Gasteiger partial charge in [-0.2, -0.15) is 0 Å². The normalized spacial score (nSPS) is 17.3. The number of hydrogen-bond acceptors (Lipinski definition) is 5. The van der Waals surface area contributed by atoms with Crippen LogP contribution in [0.15, 0.2) is 11.4 Å². The van der Waals surface area contributed by atoms with E-state index in [1.54, 1.807) is 13.2 Å². The summed E-state index contributed by atoms with van der Waals surface area (Å²) in [5.74, 6) is 0.806. The summed E-state index contributed by atoms with van der Waals surface area (Å²) < 4.78 is 5.11. The third kappa shape index (κ3) is 3.94. The molecule has 1 saturated heterocycles. The largest absolute Gasteiger partial charge is 0.496 e. The molecule has 1 aliphatic heterocycles. The zero-order valence-corrected chi connectivity index (χ0v) is 13.1. The molecule has 0 radical (unpaired) electrons. The smallest absolute Gasteiger partial charge is 0.264 e. The van der Waals surface area contributed by atoms with Crippen molar-refractivity contribution in [3.63, 3.8) is 0 Å². The second-order valence-electron chi connectivity index (χ2n) is 5.73. The van der Waals surface area contributed by atoms with Crippen LogP contribution in [0.2, 0.25) is 0 Å². The van der Waals surface area contributed by atoms with E-state index in [2.05, 4.69) is 4.90 Å². The molecule has 0 unspecified atom stereocenters. The fraction of sp³-hybridized carbons (Fsp3) is 0.643. The molecule has 5 nitrogen and oxygen atoms in total. The lowest BCUT2D eigenvalue weighted by Gasteiger charge is -2.37. The summed E-state index contributed by atoms with van der Waals surface area (Å²) in [6.07, 6.45) is 0. The molecule has 0 bridgehead atoms. The Bertz CT molecular complexity index is 459. The molecule has 112 valence electrons. The molecule has 0 atom stereocenters. The molecule has 2 rings (SSSR count). The summed E-state index contributed by atoms with van der Waals surface area (Å²) in [6.45, 7) is 7.27. The van der Waals surface area contributed by atoms with Crippen molar-refractivity contribution in [2.75, 3.05) is 39.8 Å². The van der Waals surface area contributed by atoms with Crippen molar-refractivity contribution >= 4 is 17.2 Å². The Morgan fingerprint density at radius 1 is 1.40 bits per heavy atom. The first-order valence-electron chi connectivity index (χ1n) is 6.75. The van der Waals surface area contributed by atoms with Crippen LogP contribution in [0.25, 0.3) is 0 Å². The lowest BCUT2D eigenvalue weighted by Crippen LogP contribution is -2.51. The van der Waals surface area contributed by atoms with Crippen molar-refractivity contribution in [3.05, 3.63) is 16.3 Å². The van der Waals surface area contributed by atoms with E-state index >= 15 is 0 Å². The number of hydrogen-bond donors (Lipinski definition) is 1. The van der Waals surface area contributed by atoms with E-state index in [0.29, 0.717) is 19.6 Å². The van der Waals surface area contributed by atoms with E-state index in [1.807, 2.05) is 24.1 Å². The molecule has 0 aliphatic carbocycles. The fourth-order valence-corrected chi connectivity index (χ4v) is 3.17. The number of rotatable bonds is 4. The molecule has 0 spiro atoms. The van der Waals surface area contributed by atoms with Gasteiger partial charge in [-0.05, 0) is 13.8 Å². The van der Waals surface area contributed by atoms with Gasteiger partial charge in [-0.1, -0.05) is 0 Å². The average molecular weight is 298 g/mol. The summed E-state index contributed by atoms with van der Waals surface area (Å²) in [5, 5.41) is 11.7. The molecule has 1 aliphatic rings. The lowest BCUT2D eigenvalue weighted by atomic mass is 10.1. The van der Waals surface area contributed by atoms with E-state index in [1.165, 1.54) is 11.3 Å². The monoisotopic (exact) mass is 298 g/mol. The van der Waals surface area contributed by atoms with E-state index < -0.39 is 5.60 Å². The van der Waals surface area contributed by atoms with Crippen LogP contribution in [0.1, 0.15) is 23.5 Å². The van der Waals surface area contributed by atoms with Crippen molar-refractivity contribution < 1.29 is 14.6 Å². The highest BCUT2D eigenvalue weighted by atomic mass is 32.1. The van der Waals surface area contributed by atoms with E-state index in [4.69, 9.17) is 4.74 Å². The number of thiophene rings is 1. The van der Waals surface area contributed by atoms with Crippen molar-refractivity contribution in [2.45, 2.75) is 19.4 Å². The molecule has 2 heterocycles. The predicted octanol–water partition coefficient (Wildman–Crippen LogP) is 1.29. The summed E-state index contributed by atoms with van der Waals surface area (Å²) in [6, 6.07) is 1.79. The summed E-state index contributed by atoms with van der Waals surface area (Å²) in [5.41, 5.74) is -0.687. The number of nitrogens with zero attached hydrogens (tertiary/aromatic N) is 2. The molecule has 1 aromatic heterocycles. The van der Waals surface area contributed by atoms with Gasteiger partial charge in [0.2, 0.25) is 0 Å². The van der Waals surface area contributed by atoms with Crippen molar-refractivity contribution in [2.24, 2.45) is 0 Å². The molecule has 20 heavy (non-hydrogen) atoms. The zero-order valence-electron chi connectivity index (χ0n) is 12.3. The molecule has 0 saturated carbocycles. The van der Waals surface area contributed by atoms with Crippen LogP contribution in [0.4, 0.5) is 0 Å². The maximum absolute atomic E-state index is 12.3. The first-order valence-corrected chi connectivity index (χ1v) is 7.63. The topological polar surface area (TPSA) is 53.0 Å². The maximum Gasteiger partial charge on any atom is 0.264 e. The lowest BCUT2D eigenvalue weighted by molar-refractivity contribution is 0.0179. The van der Waals surface area contributed by atoms with Gasteiger partial charge in [-0.3, -0.25) is 9.69 Å². The van der Waals surface area contributed by atoms with Gasteiger partial charge in [0.15, 0.2) is 0 Å². The molecule has 6 heteroatoms. The number of β-amino-alcohol motifs (C(OH)–C–C–N with tert-alkyl or cyclic N) is 1. The number of ether oxygens (including phenoxy) is 1. The highest BCUT2D eigenvalue weighted by molar-refractivity contribution is 7.12. The van der Waals surface area contributed by atoms with Gasteiger partial charge in [-0.15, -0.1) is 11.3 Å². The third-order valence-electron chi connectivity index (χ3n) is 3.29. The van der Waals surface area contributed by atoms with Gasteiger partial charge in [0, 0.05) is 44.2 Å². The molecule has 1 aromatic rings. The highest BCUT2D eigenvalue weighted by Gasteiger charge is 2.26. The molecular weight excluding hydrogens is 276 g/mol. The standard InChI is InChI=1S/C14H22N2O3S/c1-14(2,18)10-15-4-6-16(7-5-15)13(17)12-8-11(19-3)9-20-12/h8-9,18H,4-7,10H2,1-3H3. The third-order valence-corrected chi connectivity index (χ3v) is 4.19. The SMILES string of the molecule is COc1csc(C(=O)N2CCN(CC(C)(C)O)CC2)c1. The van der Waals surface area contributed by atoms with Gasteiger partial charge in [0.25, 0.3) is 5.91 Å². The summed E-state index contributed by atoms with van der Waals surface area (Å²) >= 11 is 1.42. The second-order valence-corrected chi connectivity index (χ2v) is 6.64. The van der Waals surface area contributed by atoms with Crippen molar-refractivity contribution in [3.8, 4) is 5.75 Å². The van der Waals surface area contributed by atoms with Crippen LogP contribution in [0.3, 0.4) is 0 Å². The van der Waals surface area contributed by atoms with Gasteiger partial charge < -0.3 is 14.7 Å². The van der Waals surface area contributed by atoms with E-state index in [0.717, 1.165) is 23.7 Å². The Labute approximate surface area is 123 Å². The first-order chi connectivity index (χ1) is 9.39. The summed E-state index contributed by atoms with van der Waals surface area (Å²) in [7, 11) is 1.60. The zero-order chi connectivity index (χ0) is 14.8. The Balaban J connectivity index is 1.88. The molecule has 1 fully saturated rings. The quantitative estimate of drug-likeness (QED) is 0.910. The van der Waals surface area contributed by atoms with Crippen LogP contribution >= 0.6 is 11.3 Å². The number of amides is 1. The Hall–Kier alpha value is -1.11. The maximum atomic E-state index is 12.3. The van der Waals surface area contributed by atoms with Crippen LogP contribution < -0.4 is 4.74 Å². The first kappa shape index (κ1) is 15.3. The number of piperazine rings is 1. The Morgan fingerprint density at radius 3 is 2.55 bits per heavy atom. The Morgan fingerprint density at radius 2 is 2.05 bits per heavy atom. The Kier molecular flexibility index (Phi) is 4.67. The summed E-state index contributed by atoms with van der Waals surface area (Å²) in [4.78, 5) is 17.1. The minimum atomic E-state index is -0.687. The molecule has 1 amide bonds. The number of aliphatic hydroxyl groups is 1. The minimum Gasteiger partial charge on any atom is -0.496 e. The van der Waals surface area contributed by atoms with Gasteiger partial charge in [-0.25, -0.2) is 0 Å². The van der Waals surface area contributed by atoms with Crippen molar-refractivity contribution in [1.29, 1.82) is 0 Å². The van der Waals surface area contributed by atoms with Gasteiger partial charge in [0.1, 0.15) is 5.75 Å². The predicted molar refractivity (Wildman–Crippen MR) is 79.5 cm³/mol. The minimum absolute atomic E-state index is 0.0706. The number of methoxy groups -OCH3 is 1.